The van der Waals surface area contributed by atoms with Crippen molar-refractivity contribution in [3.63, 3.8) is 0 Å². The quantitative estimate of drug-likeness (QED) is 0.831. The molecule has 0 bridgehead atoms. The van der Waals surface area contributed by atoms with E-state index in [1.165, 1.54) is 0 Å². The molecule has 0 saturated heterocycles. The highest BCUT2D eigenvalue weighted by atomic mass is 19.4. The van der Waals surface area contributed by atoms with Gasteiger partial charge in [-0.3, -0.25) is 5.10 Å². The lowest BCUT2D eigenvalue weighted by molar-refractivity contribution is -0.140. The van der Waals surface area contributed by atoms with Gasteiger partial charge < -0.3 is 5.73 Å². The van der Waals surface area contributed by atoms with Crippen molar-refractivity contribution in [3.05, 3.63) is 5.69 Å². The minimum Gasteiger partial charge on any atom is -0.383 e. The second-order valence-corrected chi connectivity index (χ2v) is 3.31. The van der Waals surface area contributed by atoms with E-state index in [1.54, 1.807) is 0 Å². The molecule has 0 spiro atoms. The van der Waals surface area contributed by atoms with Crippen molar-refractivity contribution in [1.29, 1.82) is 5.26 Å². The molecule has 0 aliphatic carbocycles. The summed E-state index contributed by atoms with van der Waals surface area (Å²) in [6.07, 6.45) is -4.56. The summed E-state index contributed by atoms with van der Waals surface area (Å²) in [5, 5.41) is 17.5. The summed E-state index contributed by atoms with van der Waals surface area (Å²) in [6, 6.07) is 1.82. The highest BCUT2D eigenvalue weighted by Gasteiger charge is 2.38. The molecule has 0 fully saturated rings. The predicted molar refractivity (Wildman–Crippen MR) is 51.5 cm³/mol. The summed E-state index contributed by atoms with van der Waals surface area (Å²) >= 11 is 0. The Morgan fingerprint density at radius 2 is 2.18 bits per heavy atom. The number of halogens is 3. The van der Waals surface area contributed by atoms with Crippen LogP contribution in [0, 0.1) is 11.3 Å². The normalized spacial score (nSPS) is 11.9. The fourth-order valence-electron chi connectivity index (χ4n) is 1.49. The van der Waals surface area contributed by atoms with Crippen LogP contribution in [0.25, 0.3) is 11.0 Å². The van der Waals surface area contributed by atoms with Crippen LogP contribution in [0.2, 0.25) is 0 Å². The highest BCUT2D eigenvalue weighted by Crippen LogP contribution is 2.35. The third kappa shape index (κ3) is 1.77. The molecule has 0 saturated carbocycles. The number of aryl methyl sites for hydroxylation is 1. The molecule has 6 nitrogen and oxygen atoms in total. The Morgan fingerprint density at radius 3 is 2.76 bits per heavy atom. The van der Waals surface area contributed by atoms with Gasteiger partial charge in [0.15, 0.2) is 11.3 Å². The van der Waals surface area contributed by atoms with E-state index in [9.17, 15) is 13.2 Å². The van der Waals surface area contributed by atoms with Gasteiger partial charge in [0, 0.05) is 0 Å². The molecule has 0 radical (unpaired) electrons. The molecule has 0 amide bonds. The van der Waals surface area contributed by atoms with E-state index >= 15 is 0 Å². The Morgan fingerprint density at radius 1 is 1.47 bits per heavy atom. The second-order valence-electron chi connectivity index (χ2n) is 3.31. The molecule has 0 aliphatic rings. The number of alkyl halides is 3. The number of rotatable bonds is 2. The van der Waals surface area contributed by atoms with Gasteiger partial charge in [-0.1, -0.05) is 0 Å². The van der Waals surface area contributed by atoms with Gasteiger partial charge in [0.2, 0.25) is 0 Å². The van der Waals surface area contributed by atoms with E-state index < -0.39 is 11.9 Å². The van der Waals surface area contributed by atoms with Crippen LogP contribution in [0.5, 0.6) is 0 Å². The zero-order chi connectivity index (χ0) is 12.6. The van der Waals surface area contributed by atoms with Crippen molar-refractivity contribution in [1.82, 2.24) is 20.0 Å². The molecule has 0 aliphatic heterocycles. The number of nitrogens with two attached hydrogens (primary N) is 1. The molecular weight excluding hydrogens is 237 g/mol. The molecule has 0 aromatic carbocycles. The minimum atomic E-state index is -4.60. The number of nitriles is 1. The molecular formula is C8H7F3N6. The molecule has 90 valence electrons. The maximum atomic E-state index is 12.7. The summed E-state index contributed by atoms with van der Waals surface area (Å²) in [4.78, 5) is 0. The van der Waals surface area contributed by atoms with Crippen LogP contribution in [-0.2, 0) is 12.7 Å². The Kier molecular flexibility index (Phi) is 2.42. The van der Waals surface area contributed by atoms with Crippen LogP contribution in [0.15, 0.2) is 0 Å². The number of anilines is 1. The van der Waals surface area contributed by atoms with Crippen LogP contribution in [0.3, 0.4) is 0 Å². The third-order valence-corrected chi connectivity index (χ3v) is 2.18. The van der Waals surface area contributed by atoms with Gasteiger partial charge in [0.25, 0.3) is 0 Å². The number of nitrogens with zero attached hydrogens (tertiary/aromatic N) is 4. The largest absolute Gasteiger partial charge is 0.435 e. The van der Waals surface area contributed by atoms with Crippen LogP contribution in [0.4, 0.5) is 19.0 Å². The number of H-pyrrole nitrogens is 1. The third-order valence-electron chi connectivity index (χ3n) is 2.18. The average molecular weight is 244 g/mol. The van der Waals surface area contributed by atoms with Crippen molar-refractivity contribution in [2.75, 3.05) is 5.73 Å². The zero-order valence-corrected chi connectivity index (χ0v) is 8.41. The van der Waals surface area contributed by atoms with Crippen molar-refractivity contribution in [3.8, 4) is 6.07 Å². The number of aromatic amines is 1. The lowest BCUT2D eigenvalue weighted by atomic mass is 10.3. The predicted octanol–water partition coefficient (Wildman–Crippen LogP) is 1.27. The number of nitrogens with one attached hydrogen (secondary N) is 1. The lowest BCUT2D eigenvalue weighted by Crippen LogP contribution is -2.09. The first-order valence-corrected chi connectivity index (χ1v) is 4.59. The first kappa shape index (κ1) is 11.3. The standard InChI is InChI=1S/C8H7F3N6/c9-8(10,11)5-4-6(13)14-15-7(4)17(16-5)3-1-2-12/h1,3H2,(H3,13,14,15). The summed E-state index contributed by atoms with van der Waals surface area (Å²) in [6.45, 7) is 0.0351. The van der Waals surface area contributed by atoms with Crippen LogP contribution in [0.1, 0.15) is 12.1 Å². The van der Waals surface area contributed by atoms with Crippen molar-refractivity contribution in [2.45, 2.75) is 19.1 Å². The van der Waals surface area contributed by atoms with E-state index in [-0.39, 0.29) is 29.8 Å². The smallest absolute Gasteiger partial charge is 0.383 e. The van der Waals surface area contributed by atoms with Crippen molar-refractivity contribution >= 4 is 16.9 Å². The summed E-state index contributed by atoms with van der Waals surface area (Å²) in [5.41, 5.74) is 4.30. The molecule has 17 heavy (non-hydrogen) atoms. The molecule has 2 heterocycles. The van der Waals surface area contributed by atoms with E-state index in [0.717, 1.165) is 4.68 Å². The van der Waals surface area contributed by atoms with Crippen LogP contribution >= 0.6 is 0 Å². The van der Waals surface area contributed by atoms with E-state index in [0.29, 0.717) is 0 Å². The first-order valence-electron chi connectivity index (χ1n) is 4.59. The van der Waals surface area contributed by atoms with E-state index in [2.05, 4.69) is 15.3 Å². The number of nitrogen functional groups attached to an aromatic ring is 1. The molecule has 0 atom stereocenters. The van der Waals surface area contributed by atoms with Gasteiger partial charge in [0.1, 0.15) is 5.82 Å². The Hall–Kier alpha value is -2.24. The Labute approximate surface area is 92.8 Å². The molecule has 2 rings (SSSR count). The monoisotopic (exact) mass is 244 g/mol. The number of fused-ring (bicyclic) bond motifs is 1. The Balaban J connectivity index is 2.61. The highest BCUT2D eigenvalue weighted by molar-refractivity contribution is 5.89. The van der Waals surface area contributed by atoms with Crippen LogP contribution < -0.4 is 5.73 Å². The fourth-order valence-corrected chi connectivity index (χ4v) is 1.49. The fraction of sp³-hybridized carbons (Fsp3) is 0.375. The van der Waals surface area contributed by atoms with E-state index in [1.807, 2.05) is 6.07 Å². The van der Waals surface area contributed by atoms with Crippen molar-refractivity contribution in [2.24, 2.45) is 0 Å². The number of aromatic nitrogens is 4. The maximum absolute atomic E-state index is 12.7. The molecule has 2 aromatic heterocycles. The summed E-state index contributed by atoms with van der Waals surface area (Å²) < 4.78 is 39.0. The van der Waals surface area contributed by atoms with Gasteiger partial charge in [-0.15, -0.1) is 0 Å². The van der Waals surface area contributed by atoms with Crippen molar-refractivity contribution < 1.29 is 13.2 Å². The molecule has 3 N–H and O–H groups in total. The summed E-state index contributed by atoms with van der Waals surface area (Å²) in [7, 11) is 0. The van der Waals surface area contributed by atoms with E-state index in [4.69, 9.17) is 11.0 Å². The Bertz CT molecular complexity index is 587. The maximum Gasteiger partial charge on any atom is 0.435 e. The number of hydrogen-bond acceptors (Lipinski definition) is 4. The van der Waals surface area contributed by atoms with Gasteiger partial charge in [-0.25, -0.2) is 4.68 Å². The van der Waals surface area contributed by atoms with Gasteiger partial charge in [-0.05, 0) is 0 Å². The molecule has 9 heteroatoms. The molecule has 2 aromatic rings. The minimum absolute atomic E-state index is 0.00470. The average Bonchev–Trinajstić information content (AvgIpc) is 2.76. The van der Waals surface area contributed by atoms with Gasteiger partial charge >= 0.3 is 6.18 Å². The molecule has 0 unspecified atom stereocenters. The lowest BCUT2D eigenvalue weighted by Gasteiger charge is -2.02. The second kappa shape index (κ2) is 3.65. The SMILES string of the molecule is N#CCCn1nc(C(F)(F)F)c2c(N)[nH]nc21. The van der Waals surface area contributed by atoms with Crippen LogP contribution in [-0.4, -0.2) is 20.0 Å². The first-order chi connectivity index (χ1) is 7.95. The zero-order valence-electron chi connectivity index (χ0n) is 8.41. The number of hydrogen-bond donors (Lipinski definition) is 2. The van der Waals surface area contributed by atoms with Gasteiger partial charge in [-0.2, -0.15) is 28.6 Å². The summed E-state index contributed by atoms with van der Waals surface area (Å²) in [5.74, 6) is -0.185. The van der Waals surface area contributed by atoms with Gasteiger partial charge in [0.05, 0.1) is 24.4 Å². The topological polar surface area (TPSA) is 96.3 Å².